The first-order valence-electron chi connectivity index (χ1n) is 6.03. The molecule has 0 heterocycles. The van der Waals surface area contributed by atoms with Crippen LogP contribution in [0.15, 0.2) is 46.9 Å². The second-order valence-electron chi connectivity index (χ2n) is 4.40. The van der Waals surface area contributed by atoms with Crippen LogP contribution in [0.5, 0.6) is 5.75 Å². The predicted octanol–water partition coefficient (Wildman–Crippen LogP) is 4.66. The molecule has 2 N–H and O–H groups in total. The third-order valence-electron chi connectivity index (χ3n) is 3.01. The first kappa shape index (κ1) is 14.4. The van der Waals surface area contributed by atoms with Gasteiger partial charge in [-0.25, -0.2) is 0 Å². The summed E-state index contributed by atoms with van der Waals surface area (Å²) in [5.41, 5.74) is 1.98. The van der Waals surface area contributed by atoms with Gasteiger partial charge in [0.25, 0.3) is 0 Å². The lowest BCUT2D eigenvalue weighted by atomic mass is 10.1. The maximum absolute atomic E-state index is 9.77. The highest BCUT2D eigenvalue weighted by molar-refractivity contribution is 9.10. The zero-order valence-electron chi connectivity index (χ0n) is 10.5. The molecule has 2 nitrogen and oxygen atoms in total. The minimum atomic E-state index is 0.175. The third-order valence-corrected chi connectivity index (χ3v) is 3.97. The van der Waals surface area contributed by atoms with Crippen LogP contribution in [0, 0.1) is 0 Å². The smallest absolute Gasteiger partial charge is 0.120 e. The Kier molecular flexibility index (Phi) is 4.86. The van der Waals surface area contributed by atoms with E-state index in [4.69, 9.17) is 11.6 Å². The Bertz CT molecular complexity index is 574. The Morgan fingerprint density at radius 2 is 2.00 bits per heavy atom. The van der Waals surface area contributed by atoms with Gasteiger partial charge in [-0.3, -0.25) is 0 Å². The molecule has 0 aromatic heterocycles. The van der Waals surface area contributed by atoms with Crippen molar-refractivity contribution in [2.75, 3.05) is 0 Å². The molecule has 2 aromatic carbocycles. The maximum Gasteiger partial charge on any atom is 0.120 e. The van der Waals surface area contributed by atoms with Gasteiger partial charge in [0.1, 0.15) is 5.75 Å². The second-order valence-corrected chi connectivity index (χ2v) is 5.69. The molecule has 2 aromatic rings. The van der Waals surface area contributed by atoms with Crippen LogP contribution in [0.4, 0.5) is 0 Å². The number of halogens is 2. The van der Waals surface area contributed by atoms with Crippen LogP contribution in [-0.2, 0) is 6.54 Å². The minimum Gasteiger partial charge on any atom is -0.508 e. The summed E-state index contributed by atoms with van der Waals surface area (Å²) in [4.78, 5) is 0. The van der Waals surface area contributed by atoms with Gasteiger partial charge in [0, 0.05) is 27.6 Å². The fraction of sp³-hybridized carbons (Fsp3) is 0.200. The summed E-state index contributed by atoms with van der Waals surface area (Å²) in [5.74, 6) is 0.260. The molecule has 19 heavy (non-hydrogen) atoms. The van der Waals surface area contributed by atoms with Gasteiger partial charge in [-0.1, -0.05) is 45.7 Å². The van der Waals surface area contributed by atoms with Gasteiger partial charge in [-0.05, 0) is 36.8 Å². The molecular formula is C15H15BrClNO. The van der Waals surface area contributed by atoms with Crippen molar-refractivity contribution >= 4 is 27.5 Å². The molecule has 0 fully saturated rings. The van der Waals surface area contributed by atoms with Crippen molar-refractivity contribution in [3.05, 3.63) is 63.1 Å². The summed E-state index contributed by atoms with van der Waals surface area (Å²) in [6, 6.07) is 13.3. The van der Waals surface area contributed by atoms with E-state index >= 15 is 0 Å². The summed E-state index contributed by atoms with van der Waals surface area (Å²) < 4.78 is 1.07. The van der Waals surface area contributed by atoms with Gasteiger partial charge in [-0.2, -0.15) is 0 Å². The number of hydrogen-bond acceptors (Lipinski definition) is 2. The molecule has 4 heteroatoms. The fourth-order valence-electron chi connectivity index (χ4n) is 1.89. The lowest BCUT2D eigenvalue weighted by Crippen LogP contribution is -2.18. The minimum absolute atomic E-state index is 0.175. The third kappa shape index (κ3) is 3.72. The highest BCUT2D eigenvalue weighted by Gasteiger charge is 2.09. The Balaban J connectivity index is 2.06. The standard InChI is InChI=1S/C15H15BrClNO/c1-10(13-4-2-3-5-14(13)16)18-9-11-8-12(17)6-7-15(11)19/h2-8,10,18-19H,9H2,1H3/t10-/m0/s1. The van der Waals surface area contributed by atoms with E-state index in [-0.39, 0.29) is 11.8 Å². The van der Waals surface area contributed by atoms with Crippen molar-refractivity contribution < 1.29 is 5.11 Å². The highest BCUT2D eigenvalue weighted by Crippen LogP contribution is 2.25. The number of benzene rings is 2. The van der Waals surface area contributed by atoms with Gasteiger partial charge in [0.05, 0.1) is 0 Å². The largest absolute Gasteiger partial charge is 0.508 e. The van der Waals surface area contributed by atoms with E-state index in [9.17, 15) is 5.11 Å². The number of nitrogens with one attached hydrogen (secondary N) is 1. The number of aromatic hydroxyl groups is 1. The summed E-state index contributed by atoms with van der Waals surface area (Å²) in [5, 5.41) is 13.8. The topological polar surface area (TPSA) is 32.3 Å². The first-order chi connectivity index (χ1) is 9.08. The number of phenols is 1. The van der Waals surface area contributed by atoms with Gasteiger partial charge < -0.3 is 10.4 Å². The van der Waals surface area contributed by atoms with E-state index in [0.29, 0.717) is 11.6 Å². The molecule has 0 saturated heterocycles. The number of hydrogen-bond donors (Lipinski definition) is 2. The molecule has 0 unspecified atom stereocenters. The van der Waals surface area contributed by atoms with Crippen LogP contribution in [0.2, 0.25) is 5.02 Å². The zero-order chi connectivity index (χ0) is 13.8. The Morgan fingerprint density at radius 1 is 1.26 bits per heavy atom. The quantitative estimate of drug-likeness (QED) is 0.848. The average molecular weight is 341 g/mol. The Hall–Kier alpha value is -1.03. The van der Waals surface area contributed by atoms with E-state index in [0.717, 1.165) is 10.0 Å². The SMILES string of the molecule is C[C@H](NCc1cc(Cl)ccc1O)c1ccccc1Br. The molecule has 0 aliphatic heterocycles. The van der Waals surface area contributed by atoms with E-state index < -0.39 is 0 Å². The van der Waals surface area contributed by atoms with E-state index in [2.05, 4.69) is 34.2 Å². The van der Waals surface area contributed by atoms with Gasteiger partial charge in [0.15, 0.2) is 0 Å². The fourth-order valence-corrected chi connectivity index (χ4v) is 2.72. The molecule has 0 radical (unpaired) electrons. The van der Waals surface area contributed by atoms with Gasteiger partial charge >= 0.3 is 0 Å². The van der Waals surface area contributed by atoms with Crippen molar-refractivity contribution in [1.29, 1.82) is 0 Å². The predicted molar refractivity (Wildman–Crippen MR) is 82.5 cm³/mol. The molecule has 0 saturated carbocycles. The Labute approximate surface area is 126 Å². The van der Waals surface area contributed by atoms with Crippen LogP contribution in [0.1, 0.15) is 24.1 Å². The molecule has 2 rings (SSSR count). The van der Waals surface area contributed by atoms with Gasteiger partial charge in [-0.15, -0.1) is 0 Å². The summed E-state index contributed by atoms with van der Waals surface area (Å²) in [7, 11) is 0. The van der Waals surface area contributed by atoms with Crippen molar-refractivity contribution in [1.82, 2.24) is 5.32 Å². The van der Waals surface area contributed by atoms with Gasteiger partial charge in [0.2, 0.25) is 0 Å². The highest BCUT2D eigenvalue weighted by atomic mass is 79.9. The summed E-state index contributed by atoms with van der Waals surface area (Å²) in [6.07, 6.45) is 0. The van der Waals surface area contributed by atoms with Crippen molar-refractivity contribution in [3.8, 4) is 5.75 Å². The maximum atomic E-state index is 9.77. The van der Waals surface area contributed by atoms with Crippen molar-refractivity contribution in [2.45, 2.75) is 19.5 Å². The Morgan fingerprint density at radius 3 is 2.74 bits per heavy atom. The van der Waals surface area contributed by atoms with Crippen molar-refractivity contribution in [2.24, 2.45) is 0 Å². The molecule has 0 aliphatic carbocycles. The summed E-state index contributed by atoms with van der Waals surface area (Å²) >= 11 is 9.47. The van der Waals surface area contributed by atoms with E-state index in [1.54, 1.807) is 18.2 Å². The second kappa shape index (κ2) is 6.42. The van der Waals surface area contributed by atoms with E-state index in [1.807, 2.05) is 18.2 Å². The lowest BCUT2D eigenvalue weighted by Gasteiger charge is -2.16. The van der Waals surface area contributed by atoms with Crippen molar-refractivity contribution in [3.63, 3.8) is 0 Å². The molecule has 0 amide bonds. The summed E-state index contributed by atoms with van der Waals surface area (Å²) in [6.45, 7) is 2.65. The molecule has 0 aliphatic rings. The average Bonchev–Trinajstić information content (AvgIpc) is 2.40. The number of rotatable bonds is 4. The van der Waals surface area contributed by atoms with E-state index in [1.165, 1.54) is 5.56 Å². The monoisotopic (exact) mass is 339 g/mol. The molecule has 1 atom stereocenters. The molecule has 0 bridgehead atoms. The zero-order valence-corrected chi connectivity index (χ0v) is 12.9. The molecule has 100 valence electrons. The van der Waals surface area contributed by atoms with Crippen LogP contribution in [-0.4, -0.2) is 5.11 Å². The molecule has 0 spiro atoms. The normalized spacial score (nSPS) is 12.4. The molecular weight excluding hydrogens is 326 g/mol. The number of phenolic OH excluding ortho intramolecular Hbond substituents is 1. The van der Waals surface area contributed by atoms with Crippen LogP contribution < -0.4 is 5.32 Å². The van der Waals surface area contributed by atoms with Crippen LogP contribution in [0.3, 0.4) is 0 Å². The van der Waals surface area contributed by atoms with Crippen LogP contribution >= 0.6 is 27.5 Å². The van der Waals surface area contributed by atoms with Crippen LogP contribution in [0.25, 0.3) is 0 Å². The lowest BCUT2D eigenvalue weighted by molar-refractivity contribution is 0.460. The first-order valence-corrected chi connectivity index (χ1v) is 7.20.